The fourth-order valence-electron chi connectivity index (χ4n) is 2.84. The highest BCUT2D eigenvalue weighted by atomic mass is 15.2. The maximum absolute atomic E-state index is 4.19. The van der Waals surface area contributed by atoms with Crippen LogP contribution >= 0.6 is 0 Å². The van der Waals surface area contributed by atoms with Gasteiger partial charge in [0.15, 0.2) is 0 Å². The Kier molecular flexibility index (Phi) is 4.01. The van der Waals surface area contributed by atoms with Crippen molar-refractivity contribution in [2.45, 2.75) is 59.0 Å². The molecule has 0 radical (unpaired) electrons. The molecule has 1 aliphatic heterocycles. The third kappa shape index (κ3) is 2.27. The first-order valence-electron chi connectivity index (χ1n) is 6.14. The van der Waals surface area contributed by atoms with E-state index >= 15 is 0 Å². The topological polar surface area (TPSA) is 3.24 Å². The Morgan fingerprint density at radius 2 is 1.93 bits per heavy atom. The van der Waals surface area contributed by atoms with Crippen LogP contribution in [0.5, 0.6) is 0 Å². The van der Waals surface area contributed by atoms with Gasteiger partial charge in [-0.15, -0.1) is 0 Å². The van der Waals surface area contributed by atoms with E-state index < -0.39 is 0 Å². The molecule has 3 unspecified atom stereocenters. The van der Waals surface area contributed by atoms with Crippen molar-refractivity contribution in [1.82, 2.24) is 4.90 Å². The number of rotatable bonds is 4. The molecule has 1 heteroatoms. The normalized spacial score (nSPS) is 30.7. The van der Waals surface area contributed by atoms with E-state index in [0.717, 1.165) is 6.42 Å². The fraction of sp³-hybridized carbons (Fsp3) is 0.714. The number of hydrogen-bond donors (Lipinski definition) is 0. The zero-order chi connectivity index (χ0) is 11.6. The quantitative estimate of drug-likeness (QED) is 0.630. The third-order valence-electron chi connectivity index (χ3n) is 3.82. The maximum Gasteiger partial charge on any atom is 0.0327 e. The number of allylic oxidation sites excluding steroid dienone is 1. The van der Waals surface area contributed by atoms with Gasteiger partial charge in [-0.3, -0.25) is 0 Å². The van der Waals surface area contributed by atoms with Gasteiger partial charge in [0.05, 0.1) is 0 Å². The highest BCUT2D eigenvalue weighted by Crippen LogP contribution is 2.38. The summed E-state index contributed by atoms with van der Waals surface area (Å²) < 4.78 is 0. The lowest BCUT2D eigenvalue weighted by Gasteiger charge is -2.32. The van der Waals surface area contributed by atoms with Gasteiger partial charge in [-0.1, -0.05) is 32.6 Å². The van der Waals surface area contributed by atoms with E-state index in [2.05, 4.69) is 45.8 Å². The van der Waals surface area contributed by atoms with Crippen LogP contribution in [0.25, 0.3) is 0 Å². The highest BCUT2D eigenvalue weighted by molar-refractivity contribution is 5.12. The molecule has 1 nitrogen and oxygen atoms in total. The van der Waals surface area contributed by atoms with Crippen molar-refractivity contribution in [2.24, 2.45) is 5.92 Å². The molecule has 15 heavy (non-hydrogen) atoms. The van der Waals surface area contributed by atoms with Crippen LogP contribution in [0.2, 0.25) is 0 Å². The molecule has 0 aromatic carbocycles. The molecule has 0 aromatic heterocycles. The van der Waals surface area contributed by atoms with Crippen LogP contribution in [-0.2, 0) is 0 Å². The molecule has 1 fully saturated rings. The van der Waals surface area contributed by atoms with Gasteiger partial charge in [0.1, 0.15) is 0 Å². The van der Waals surface area contributed by atoms with Gasteiger partial charge in [-0.2, -0.15) is 0 Å². The first-order valence-corrected chi connectivity index (χ1v) is 6.14. The van der Waals surface area contributed by atoms with Crippen molar-refractivity contribution >= 4 is 0 Å². The van der Waals surface area contributed by atoms with Crippen LogP contribution in [0.1, 0.15) is 47.0 Å². The van der Waals surface area contributed by atoms with Crippen LogP contribution < -0.4 is 0 Å². The standard InChI is InChI=1S/C14H25N/c1-7-11(5)15-12(6)14(10(3)4)9-13(15)8-2/h12-14H,3,5,7-9H2,1-2,4,6H3. The lowest BCUT2D eigenvalue weighted by atomic mass is 9.93. The van der Waals surface area contributed by atoms with Gasteiger partial charge in [-0.05, 0) is 33.1 Å². The van der Waals surface area contributed by atoms with Crippen molar-refractivity contribution in [2.75, 3.05) is 0 Å². The summed E-state index contributed by atoms with van der Waals surface area (Å²) in [6.45, 7) is 17.2. The van der Waals surface area contributed by atoms with Crippen LogP contribution in [0.3, 0.4) is 0 Å². The van der Waals surface area contributed by atoms with Gasteiger partial charge < -0.3 is 4.90 Å². The largest absolute Gasteiger partial charge is 0.369 e. The molecule has 0 aromatic rings. The first-order chi connectivity index (χ1) is 7.02. The third-order valence-corrected chi connectivity index (χ3v) is 3.82. The Balaban J connectivity index is 2.85. The molecule has 0 saturated carbocycles. The minimum Gasteiger partial charge on any atom is -0.369 e. The van der Waals surface area contributed by atoms with Gasteiger partial charge in [-0.25, -0.2) is 0 Å². The van der Waals surface area contributed by atoms with E-state index in [1.807, 2.05) is 0 Å². The van der Waals surface area contributed by atoms with Crippen molar-refractivity contribution in [1.29, 1.82) is 0 Å². The van der Waals surface area contributed by atoms with Crippen LogP contribution in [0.4, 0.5) is 0 Å². The second-order valence-corrected chi connectivity index (χ2v) is 4.82. The SMILES string of the molecule is C=C(C)C1CC(CC)N(C(=C)CC)C1C. The Labute approximate surface area is 94.9 Å². The zero-order valence-corrected chi connectivity index (χ0v) is 10.7. The Morgan fingerprint density at radius 3 is 2.33 bits per heavy atom. The first kappa shape index (κ1) is 12.4. The minimum absolute atomic E-state index is 0.583. The molecule has 0 bridgehead atoms. The minimum atomic E-state index is 0.583. The van der Waals surface area contributed by atoms with E-state index in [0.29, 0.717) is 18.0 Å². The van der Waals surface area contributed by atoms with Gasteiger partial charge in [0.25, 0.3) is 0 Å². The number of nitrogens with zero attached hydrogens (tertiary/aromatic N) is 1. The van der Waals surface area contributed by atoms with E-state index in [9.17, 15) is 0 Å². The molecular formula is C14H25N. The maximum atomic E-state index is 4.19. The molecule has 1 saturated heterocycles. The van der Waals surface area contributed by atoms with Crippen molar-refractivity contribution < 1.29 is 0 Å². The van der Waals surface area contributed by atoms with E-state index in [1.165, 1.54) is 24.1 Å². The highest BCUT2D eigenvalue weighted by Gasteiger charge is 2.37. The second kappa shape index (κ2) is 4.87. The molecular weight excluding hydrogens is 182 g/mol. The average Bonchev–Trinajstić information content (AvgIpc) is 2.54. The molecule has 1 rings (SSSR count). The van der Waals surface area contributed by atoms with Crippen LogP contribution in [-0.4, -0.2) is 17.0 Å². The predicted molar refractivity (Wildman–Crippen MR) is 67.7 cm³/mol. The molecule has 0 N–H and O–H groups in total. The summed E-state index contributed by atoms with van der Waals surface area (Å²) in [6, 6.07) is 1.26. The monoisotopic (exact) mass is 207 g/mol. The number of likely N-dealkylation sites (tertiary alicyclic amines) is 1. The molecule has 3 atom stereocenters. The molecule has 86 valence electrons. The van der Waals surface area contributed by atoms with Crippen molar-refractivity contribution in [3.8, 4) is 0 Å². The van der Waals surface area contributed by atoms with Gasteiger partial charge in [0.2, 0.25) is 0 Å². The Bertz CT molecular complexity index is 254. The summed E-state index contributed by atoms with van der Waals surface area (Å²) in [5, 5.41) is 0. The summed E-state index contributed by atoms with van der Waals surface area (Å²) in [4.78, 5) is 2.53. The molecule has 1 aliphatic rings. The average molecular weight is 207 g/mol. The van der Waals surface area contributed by atoms with E-state index in [-0.39, 0.29) is 0 Å². The van der Waals surface area contributed by atoms with Crippen LogP contribution in [0, 0.1) is 5.92 Å². The zero-order valence-electron chi connectivity index (χ0n) is 10.7. The molecule has 0 amide bonds. The molecule has 0 spiro atoms. The predicted octanol–water partition coefficient (Wildman–Crippen LogP) is 3.98. The lowest BCUT2D eigenvalue weighted by molar-refractivity contribution is 0.244. The van der Waals surface area contributed by atoms with Crippen LogP contribution in [0.15, 0.2) is 24.4 Å². The summed E-state index contributed by atoms with van der Waals surface area (Å²) in [6.07, 6.45) is 3.53. The van der Waals surface area contributed by atoms with Crippen molar-refractivity contribution in [3.63, 3.8) is 0 Å². The Morgan fingerprint density at radius 1 is 1.33 bits per heavy atom. The summed E-state index contributed by atoms with van der Waals surface area (Å²) in [5.41, 5.74) is 2.62. The lowest BCUT2D eigenvalue weighted by Crippen LogP contribution is -2.34. The van der Waals surface area contributed by atoms with Gasteiger partial charge >= 0.3 is 0 Å². The fourth-order valence-corrected chi connectivity index (χ4v) is 2.84. The van der Waals surface area contributed by atoms with E-state index in [1.54, 1.807) is 0 Å². The number of hydrogen-bond acceptors (Lipinski definition) is 1. The Hall–Kier alpha value is -0.720. The molecule has 0 aliphatic carbocycles. The second-order valence-electron chi connectivity index (χ2n) is 4.82. The molecule has 1 heterocycles. The summed E-state index contributed by atoms with van der Waals surface area (Å²) in [5.74, 6) is 0.651. The van der Waals surface area contributed by atoms with Crippen molar-refractivity contribution in [3.05, 3.63) is 24.4 Å². The summed E-state index contributed by atoms with van der Waals surface area (Å²) >= 11 is 0. The van der Waals surface area contributed by atoms with Gasteiger partial charge in [0, 0.05) is 23.7 Å². The smallest absolute Gasteiger partial charge is 0.0327 e. The summed E-state index contributed by atoms with van der Waals surface area (Å²) in [7, 11) is 0. The van der Waals surface area contributed by atoms with E-state index in [4.69, 9.17) is 0 Å².